The Kier molecular flexibility index (Phi) is 8.26. The smallest absolute Gasteiger partial charge is 0.160 e. The van der Waals surface area contributed by atoms with Gasteiger partial charge >= 0.3 is 0 Å². The highest BCUT2D eigenvalue weighted by molar-refractivity contribution is 6.22. The minimum atomic E-state index is 0.719. The van der Waals surface area contributed by atoms with Crippen molar-refractivity contribution < 1.29 is 0 Å². The third-order valence-electron chi connectivity index (χ3n) is 12.5. The molecule has 0 unspecified atom stereocenters. The Hall–Kier alpha value is -8.08. The first kappa shape index (κ1) is 35.8. The lowest BCUT2D eigenvalue weighted by atomic mass is 9.95. The van der Waals surface area contributed by atoms with Crippen LogP contribution in [-0.4, -0.2) is 19.1 Å². The molecule has 12 aromatic rings. The minimum Gasteiger partial charge on any atom is -0.309 e. The van der Waals surface area contributed by atoms with E-state index in [0.717, 1.165) is 61.9 Å². The summed E-state index contributed by atoms with van der Waals surface area (Å²) in [5.74, 6) is 0.719. The molecule has 3 aromatic heterocycles. The van der Waals surface area contributed by atoms with E-state index in [-0.39, 0.29) is 0 Å². The summed E-state index contributed by atoms with van der Waals surface area (Å²) in [5.41, 5.74) is 16.9. The highest BCUT2D eigenvalue weighted by Gasteiger charge is 2.28. The van der Waals surface area contributed by atoms with Crippen LogP contribution in [0, 0.1) is 0 Å². The van der Waals surface area contributed by atoms with Gasteiger partial charge in [0.05, 0.1) is 33.5 Å². The third kappa shape index (κ3) is 5.26. The molecule has 0 bridgehead atoms. The monoisotopic (exact) mass is 792 g/mol. The van der Waals surface area contributed by atoms with Crippen LogP contribution in [0.3, 0.4) is 0 Å². The van der Waals surface area contributed by atoms with Gasteiger partial charge in [0.2, 0.25) is 0 Å². The van der Waals surface area contributed by atoms with Crippen molar-refractivity contribution in [1.29, 1.82) is 0 Å². The Balaban J connectivity index is 0.00000202. The van der Waals surface area contributed by atoms with Crippen LogP contribution in [0.15, 0.2) is 206 Å². The Morgan fingerprint density at radius 3 is 1.40 bits per heavy atom. The van der Waals surface area contributed by atoms with Gasteiger partial charge in [-0.2, -0.15) is 0 Å². The topological polar surface area (TPSA) is 35.6 Å². The molecule has 62 heavy (non-hydrogen) atoms. The number of hydrogen-bond acceptors (Lipinski definition) is 2. The molecule has 1 aliphatic carbocycles. The largest absolute Gasteiger partial charge is 0.309 e. The molecule has 292 valence electrons. The third-order valence-corrected chi connectivity index (χ3v) is 12.5. The van der Waals surface area contributed by atoms with Crippen molar-refractivity contribution in [2.24, 2.45) is 0 Å². The molecule has 1 aliphatic rings. The molecule has 0 aliphatic heterocycles. The number of rotatable bonds is 5. The minimum absolute atomic E-state index is 0.719. The quantitative estimate of drug-likeness (QED) is 0.174. The van der Waals surface area contributed by atoms with E-state index in [9.17, 15) is 0 Å². The summed E-state index contributed by atoms with van der Waals surface area (Å²) in [5, 5.41) is 7.43. The lowest BCUT2D eigenvalue weighted by Crippen LogP contribution is -1.98. The first-order valence-corrected chi connectivity index (χ1v) is 21.5. The molecule has 9 aromatic carbocycles. The van der Waals surface area contributed by atoms with E-state index in [1.54, 1.807) is 0 Å². The highest BCUT2D eigenvalue weighted by atomic mass is 15.0. The summed E-state index contributed by atoms with van der Waals surface area (Å²) < 4.78 is 4.80. The fourth-order valence-corrected chi connectivity index (χ4v) is 9.97. The standard InChI is InChI=1S/C56H34N4.C2H6/c1-3-15-36(16-4-1)54-53-44-25-11-17-35-18-12-26-45(50(35)44)55(53)58-56(57-54)37-31-33-39(34-32-37)60-47-28-10-8-22-43(47)52-41(24-14-30-49(52)60)40-23-13-29-48-51(40)42-21-7-9-27-46(42)59(48)38-19-5-2-6-20-38;1-2/h1-34H;1-2H3. The maximum Gasteiger partial charge on any atom is 0.160 e. The second-order valence-electron chi connectivity index (χ2n) is 15.7. The van der Waals surface area contributed by atoms with Gasteiger partial charge in [-0.1, -0.05) is 159 Å². The zero-order valence-electron chi connectivity index (χ0n) is 34.4. The first-order chi connectivity index (χ1) is 30.8. The normalized spacial score (nSPS) is 11.7. The summed E-state index contributed by atoms with van der Waals surface area (Å²) in [6, 6.07) is 74.2. The summed E-state index contributed by atoms with van der Waals surface area (Å²) in [6.07, 6.45) is 0. The van der Waals surface area contributed by atoms with Gasteiger partial charge in [0.25, 0.3) is 0 Å². The van der Waals surface area contributed by atoms with Crippen molar-refractivity contribution in [2.75, 3.05) is 0 Å². The lowest BCUT2D eigenvalue weighted by molar-refractivity contribution is 1.17. The van der Waals surface area contributed by atoms with Gasteiger partial charge < -0.3 is 9.13 Å². The molecule has 0 saturated heterocycles. The van der Waals surface area contributed by atoms with Gasteiger partial charge in [-0.25, -0.2) is 9.97 Å². The molecule has 0 radical (unpaired) electrons. The van der Waals surface area contributed by atoms with Crippen LogP contribution < -0.4 is 0 Å². The molecule has 0 atom stereocenters. The zero-order valence-corrected chi connectivity index (χ0v) is 34.4. The zero-order chi connectivity index (χ0) is 41.3. The molecule has 0 saturated carbocycles. The molecule has 0 fully saturated rings. The van der Waals surface area contributed by atoms with Crippen LogP contribution in [0.5, 0.6) is 0 Å². The second-order valence-corrected chi connectivity index (χ2v) is 15.7. The van der Waals surface area contributed by atoms with E-state index < -0.39 is 0 Å². The van der Waals surface area contributed by atoms with Crippen molar-refractivity contribution in [1.82, 2.24) is 19.1 Å². The van der Waals surface area contributed by atoms with Crippen molar-refractivity contribution >= 4 is 54.4 Å². The number of para-hydroxylation sites is 3. The van der Waals surface area contributed by atoms with E-state index in [0.29, 0.717) is 0 Å². The maximum atomic E-state index is 5.34. The molecule has 4 nitrogen and oxygen atoms in total. The summed E-state index contributed by atoms with van der Waals surface area (Å²) in [4.78, 5) is 10.7. The van der Waals surface area contributed by atoms with Crippen LogP contribution in [0.25, 0.3) is 122 Å². The van der Waals surface area contributed by atoms with E-state index in [4.69, 9.17) is 9.97 Å². The lowest BCUT2D eigenvalue weighted by Gasteiger charge is -2.13. The van der Waals surface area contributed by atoms with Crippen LogP contribution in [0.1, 0.15) is 13.8 Å². The molecule has 13 rings (SSSR count). The molecular weight excluding hydrogens is 753 g/mol. The molecule has 0 spiro atoms. The highest BCUT2D eigenvalue weighted by Crippen LogP contribution is 2.50. The van der Waals surface area contributed by atoms with Crippen LogP contribution in [0.2, 0.25) is 0 Å². The maximum absolute atomic E-state index is 5.34. The van der Waals surface area contributed by atoms with Crippen LogP contribution in [-0.2, 0) is 0 Å². The van der Waals surface area contributed by atoms with E-state index in [1.165, 1.54) is 60.0 Å². The Morgan fingerprint density at radius 2 is 0.790 bits per heavy atom. The Morgan fingerprint density at radius 1 is 0.323 bits per heavy atom. The second kappa shape index (κ2) is 14.3. The summed E-state index contributed by atoms with van der Waals surface area (Å²) in [6.45, 7) is 4.00. The van der Waals surface area contributed by atoms with E-state index >= 15 is 0 Å². The molecule has 3 heterocycles. The number of benzene rings is 9. The van der Waals surface area contributed by atoms with Gasteiger partial charge in [0, 0.05) is 55.2 Å². The van der Waals surface area contributed by atoms with Gasteiger partial charge in [-0.3, -0.25) is 0 Å². The average molecular weight is 793 g/mol. The predicted molar refractivity (Wildman–Crippen MR) is 260 cm³/mol. The van der Waals surface area contributed by atoms with E-state index in [2.05, 4.69) is 215 Å². The van der Waals surface area contributed by atoms with Crippen LogP contribution in [0.4, 0.5) is 0 Å². The van der Waals surface area contributed by atoms with E-state index in [1.807, 2.05) is 13.8 Å². The van der Waals surface area contributed by atoms with Crippen molar-refractivity contribution in [2.45, 2.75) is 13.8 Å². The van der Waals surface area contributed by atoms with Gasteiger partial charge in [-0.15, -0.1) is 0 Å². The average Bonchev–Trinajstić information content (AvgIpc) is 3.99. The summed E-state index contributed by atoms with van der Waals surface area (Å²) in [7, 11) is 0. The Labute approximate surface area is 359 Å². The van der Waals surface area contributed by atoms with Gasteiger partial charge in [0.15, 0.2) is 5.82 Å². The van der Waals surface area contributed by atoms with Gasteiger partial charge in [0.1, 0.15) is 0 Å². The van der Waals surface area contributed by atoms with Crippen molar-refractivity contribution in [3.63, 3.8) is 0 Å². The van der Waals surface area contributed by atoms with Crippen molar-refractivity contribution in [3.05, 3.63) is 206 Å². The van der Waals surface area contributed by atoms with Gasteiger partial charge in [-0.05, 0) is 88.1 Å². The number of aromatic nitrogens is 4. The molecular formula is C58H40N4. The first-order valence-electron chi connectivity index (χ1n) is 21.5. The molecule has 4 heteroatoms. The summed E-state index contributed by atoms with van der Waals surface area (Å²) >= 11 is 0. The fourth-order valence-electron chi connectivity index (χ4n) is 9.97. The number of nitrogens with zero attached hydrogens (tertiary/aromatic N) is 4. The Bertz CT molecular complexity index is 3680. The van der Waals surface area contributed by atoms with Crippen LogP contribution >= 0.6 is 0 Å². The predicted octanol–water partition coefficient (Wildman–Crippen LogP) is 15.5. The van der Waals surface area contributed by atoms with Crippen molar-refractivity contribution in [3.8, 4) is 67.5 Å². The molecule has 0 N–H and O–H groups in total. The fraction of sp³-hybridized carbons (Fsp3) is 0.0345. The SMILES string of the molecule is CC.c1ccc(-c2nc(-c3ccc(-n4c5ccccc5c5c(-c6cccc7c6c6ccccc6n7-c6ccccc6)cccc54)cc3)nc3c2-c2cccc4cccc-3c24)cc1. The number of fused-ring (bicyclic) bond motifs is 9. The number of hydrogen-bond donors (Lipinski definition) is 0. The molecule has 0 amide bonds.